The molecule has 1 unspecified atom stereocenters. The van der Waals surface area contributed by atoms with Crippen LogP contribution in [0.2, 0.25) is 0 Å². The predicted octanol–water partition coefficient (Wildman–Crippen LogP) is 1.19. The SMILES string of the molecule is COCC1CN(C(=O)c2ccc(OC)nc2OC)CC12CCNCC2. The van der Waals surface area contributed by atoms with Crippen LogP contribution in [-0.2, 0) is 4.74 Å². The highest BCUT2D eigenvalue weighted by Crippen LogP contribution is 2.44. The third-order valence-corrected chi connectivity index (χ3v) is 5.53. The van der Waals surface area contributed by atoms with Crippen molar-refractivity contribution in [2.45, 2.75) is 12.8 Å². The van der Waals surface area contributed by atoms with Crippen molar-refractivity contribution in [1.82, 2.24) is 15.2 Å². The highest BCUT2D eigenvalue weighted by Gasteiger charge is 2.48. The second-order valence-corrected chi connectivity index (χ2v) is 6.86. The van der Waals surface area contributed by atoms with Gasteiger partial charge in [-0.25, -0.2) is 0 Å². The van der Waals surface area contributed by atoms with E-state index >= 15 is 0 Å². The standard InChI is InChI=1S/C18H27N3O4/c1-23-11-13-10-21(12-18(13)6-8-19-9-7-18)17(22)14-4-5-15(24-2)20-16(14)25-3/h4-5,13,19H,6-12H2,1-3H3. The first-order chi connectivity index (χ1) is 12.1. The lowest BCUT2D eigenvalue weighted by atomic mass is 9.71. The van der Waals surface area contributed by atoms with Crippen LogP contribution in [0, 0.1) is 11.3 Å². The number of pyridine rings is 1. The Kier molecular flexibility index (Phi) is 5.44. The average Bonchev–Trinajstić information content (AvgIpc) is 2.99. The van der Waals surface area contributed by atoms with E-state index in [1.165, 1.54) is 7.11 Å². The first-order valence-corrected chi connectivity index (χ1v) is 8.71. The van der Waals surface area contributed by atoms with Gasteiger partial charge in [0.05, 0.1) is 20.8 Å². The maximum atomic E-state index is 13.1. The molecule has 7 nitrogen and oxygen atoms in total. The fourth-order valence-electron chi connectivity index (χ4n) is 4.14. The maximum absolute atomic E-state index is 13.1. The van der Waals surface area contributed by atoms with E-state index in [4.69, 9.17) is 14.2 Å². The second-order valence-electron chi connectivity index (χ2n) is 6.86. The highest BCUT2D eigenvalue weighted by molar-refractivity contribution is 5.96. The van der Waals surface area contributed by atoms with Crippen LogP contribution in [-0.4, -0.2) is 69.9 Å². The summed E-state index contributed by atoms with van der Waals surface area (Å²) in [6.45, 7) is 4.14. The van der Waals surface area contributed by atoms with Gasteiger partial charge in [-0.2, -0.15) is 4.98 Å². The van der Waals surface area contributed by atoms with E-state index in [9.17, 15) is 4.79 Å². The number of amides is 1. The molecule has 0 aromatic carbocycles. The molecule has 2 saturated heterocycles. The number of methoxy groups -OCH3 is 3. The molecular formula is C18H27N3O4. The van der Waals surface area contributed by atoms with Gasteiger partial charge in [0.25, 0.3) is 5.91 Å². The monoisotopic (exact) mass is 349 g/mol. The van der Waals surface area contributed by atoms with Crippen LogP contribution in [0.15, 0.2) is 12.1 Å². The zero-order chi connectivity index (χ0) is 17.9. The highest BCUT2D eigenvalue weighted by atomic mass is 16.5. The summed E-state index contributed by atoms with van der Waals surface area (Å²) >= 11 is 0. The summed E-state index contributed by atoms with van der Waals surface area (Å²) in [6.07, 6.45) is 2.14. The molecule has 0 radical (unpaired) electrons. The summed E-state index contributed by atoms with van der Waals surface area (Å²) in [7, 11) is 4.79. The summed E-state index contributed by atoms with van der Waals surface area (Å²) in [5.41, 5.74) is 0.620. The van der Waals surface area contributed by atoms with Gasteiger partial charge in [-0.1, -0.05) is 0 Å². The van der Waals surface area contributed by atoms with Crippen LogP contribution in [0.25, 0.3) is 0 Å². The lowest BCUT2D eigenvalue weighted by molar-refractivity contribution is 0.0700. The normalized spacial score (nSPS) is 22.2. The molecule has 7 heteroatoms. The molecule has 1 aromatic rings. The topological polar surface area (TPSA) is 72.9 Å². The van der Waals surface area contributed by atoms with Crippen molar-refractivity contribution in [3.8, 4) is 11.8 Å². The van der Waals surface area contributed by atoms with E-state index in [-0.39, 0.29) is 11.3 Å². The number of nitrogens with zero attached hydrogens (tertiary/aromatic N) is 2. The van der Waals surface area contributed by atoms with Gasteiger partial charge in [-0.15, -0.1) is 0 Å². The van der Waals surface area contributed by atoms with Crippen molar-refractivity contribution in [2.75, 3.05) is 54.1 Å². The Labute approximate surface area is 148 Å². The third-order valence-electron chi connectivity index (χ3n) is 5.53. The molecule has 0 saturated carbocycles. The molecular weight excluding hydrogens is 322 g/mol. The number of ether oxygens (including phenoxy) is 3. The van der Waals surface area contributed by atoms with Crippen molar-refractivity contribution >= 4 is 5.91 Å². The molecule has 1 N–H and O–H groups in total. The van der Waals surface area contributed by atoms with Gasteiger partial charge in [-0.3, -0.25) is 4.79 Å². The lowest BCUT2D eigenvalue weighted by Gasteiger charge is -2.38. The molecule has 3 rings (SSSR count). The smallest absolute Gasteiger partial charge is 0.259 e. The van der Waals surface area contributed by atoms with E-state index in [0.717, 1.165) is 32.5 Å². The largest absolute Gasteiger partial charge is 0.481 e. The summed E-state index contributed by atoms with van der Waals surface area (Å²) < 4.78 is 15.9. The summed E-state index contributed by atoms with van der Waals surface area (Å²) in [5.74, 6) is 1.06. The van der Waals surface area contributed by atoms with Crippen LogP contribution >= 0.6 is 0 Å². The molecule has 1 spiro atoms. The number of piperidine rings is 1. The van der Waals surface area contributed by atoms with E-state index in [0.29, 0.717) is 36.4 Å². The Hall–Kier alpha value is -1.86. The van der Waals surface area contributed by atoms with Gasteiger partial charge in [-0.05, 0) is 37.4 Å². The average molecular weight is 349 g/mol. The number of carbonyl (C=O) groups is 1. The number of rotatable bonds is 5. The quantitative estimate of drug-likeness (QED) is 0.861. The summed E-state index contributed by atoms with van der Waals surface area (Å²) in [5, 5.41) is 3.42. The first-order valence-electron chi connectivity index (χ1n) is 8.71. The Morgan fingerprint density at radius 1 is 1.28 bits per heavy atom. The summed E-state index contributed by atoms with van der Waals surface area (Å²) in [6, 6.07) is 3.42. The Balaban J connectivity index is 1.83. The molecule has 1 atom stereocenters. The molecule has 25 heavy (non-hydrogen) atoms. The minimum atomic E-state index is -0.0384. The molecule has 0 bridgehead atoms. The number of carbonyl (C=O) groups excluding carboxylic acids is 1. The lowest BCUT2D eigenvalue weighted by Crippen LogP contribution is -2.43. The Bertz CT molecular complexity index is 616. The number of nitrogens with one attached hydrogen (secondary N) is 1. The van der Waals surface area contributed by atoms with Crippen molar-refractivity contribution in [1.29, 1.82) is 0 Å². The van der Waals surface area contributed by atoms with Crippen LogP contribution in [0.4, 0.5) is 0 Å². The molecule has 2 fully saturated rings. The van der Waals surface area contributed by atoms with Crippen LogP contribution in [0.1, 0.15) is 23.2 Å². The number of aromatic nitrogens is 1. The van der Waals surface area contributed by atoms with Gasteiger partial charge in [0.2, 0.25) is 11.8 Å². The molecule has 2 aliphatic rings. The van der Waals surface area contributed by atoms with E-state index in [1.807, 2.05) is 4.90 Å². The van der Waals surface area contributed by atoms with Crippen molar-refractivity contribution in [2.24, 2.45) is 11.3 Å². The number of hydrogen-bond acceptors (Lipinski definition) is 6. The molecule has 1 amide bonds. The summed E-state index contributed by atoms with van der Waals surface area (Å²) in [4.78, 5) is 19.3. The zero-order valence-corrected chi connectivity index (χ0v) is 15.2. The Morgan fingerprint density at radius 2 is 2.04 bits per heavy atom. The fraction of sp³-hybridized carbons (Fsp3) is 0.667. The van der Waals surface area contributed by atoms with E-state index in [2.05, 4.69) is 10.3 Å². The van der Waals surface area contributed by atoms with Gasteiger partial charge >= 0.3 is 0 Å². The minimum Gasteiger partial charge on any atom is -0.481 e. The third kappa shape index (κ3) is 3.43. The van der Waals surface area contributed by atoms with Crippen LogP contribution in [0.5, 0.6) is 11.8 Å². The van der Waals surface area contributed by atoms with Gasteiger partial charge in [0.1, 0.15) is 5.56 Å². The van der Waals surface area contributed by atoms with Crippen LogP contribution < -0.4 is 14.8 Å². The minimum absolute atomic E-state index is 0.0384. The molecule has 2 aliphatic heterocycles. The van der Waals surface area contributed by atoms with Gasteiger partial charge in [0.15, 0.2) is 0 Å². The molecule has 3 heterocycles. The number of likely N-dealkylation sites (tertiary alicyclic amines) is 1. The fourth-order valence-corrected chi connectivity index (χ4v) is 4.14. The first kappa shape index (κ1) is 17.9. The molecule has 138 valence electrons. The predicted molar refractivity (Wildman–Crippen MR) is 93.1 cm³/mol. The zero-order valence-electron chi connectivity index (χ0n) is 15.2. The van der Waals surface area contributed by atoms with Crippen molar-refractivity contribution in [3.05, 3.63) is 17.7 Å². The van der Waals surface area contributed by atoms with Crippen molar-refractivity contribution < 1.29 is 19.0 Å². The second kappa shape index (κ2) is 7.58. The Morgan fingerprint density at radius 3 is 2.68 bits per heavy atom. The van der Waals surface area contributed by atoms with Gasteiger partial charge < -0.3 is 24.4 Å². The van der Waals surface area contributed by atoms with Crippen molar-refractivity contribution in [3.63, 3.8) is 0 Å². The molecule has 1 aromatic heterocycles. The maximum Gasteiger partial charge on any atom is 0.259 e. The number of hydrogen-bond donors (Lipinski definition) is 1. The van der Waals surface area contributed by atoms with Gasteiger partial charge in [0, 0.05) is 32.2 Å². The van der Waals surface area contributed by atoms with E-state index < -0.39 is 0 Å². The molecule has 0 aliphatic carbocycles. The van der Waals surface area contributed by atoms with Crippen LogP contribution in [0.3, 0.4) is 0 Å². The van der Waals surface area contributed by atoms with E-state index in [1.54, 1.807) is 26.4 Å².